The smallest absolute Gasteiger partial charge is 0.251 e. The number of carbonyl (C=O) groups is 1. The number of amides is 1. The minimum Gasteiger partial charge on any atom is -0.380 e. The van der Waals surface area contributed by atoms with E-state index < -0.39 is 0 Å². The average Bonchev–Trinajstić information content (AvgIpc) is 2.44. The van der Waals surface area contributed by atoms with Crippen molar-refractivity contribution in [2.24, 2.45) is 0 Å². The maximum Gasteiger partial charge on any atom is 0.251 e. The fraction of sp³-hybridized carbons (Fsp3) is 0.533. The summed E-state index contributed by atoms with van der Waals surface area (Å²) in [6.07, 6.45) is 1.11. The van der Waals surface area contributed by atoms with E-state index in [2.05, 4.69) is 24.2 Å². The van der Waals surface area contributed by atoms with Crippen LogP contribution in [0.3, 0.4) is 0 Å². The summed E-state index contributed by atoms with van der Waals surface area (Å²) >= 11 is 0. The van der Waals surface area contributed by atoms with Gasteiger partial charge in [-0.1, -0.05) is 6.92 Å². The summed E-state index contributed by atoms with van der Waals surface area (Å²) in [5, 5.41) is 2.83. The van der Waals surface area contributed by atoms with E-state index in [4.69, 9.17) is 4.74 Å². The molecule has 0 aliphatic carbocycles. The van der Waals surface area contributed by atoms with Crippen molar-refractivity contribution in [2.45, 2.75) is 20.3 Å². The number of ether oxygens (including phenoxy) is 1. The van der Waals surface area contributed by atoms with E-state index >= 15 is 0 Å². The number of benzene rings is 1. The second kappa shape index (κ2) is 8.53. The quantitative estimate of drug-likeness (QED) is 0.733. The Hall–Kier alpha value is -1.55. The summed E-state index contributed by atoms with van der Waals surface area (Å²) in [7, 11) is 2.06. The summed E-state index contributed by atoms with van der Waals surface area (Å²) in [5.41, 5.74) is 1.82. The summed E-state index contributed by atoms with van der Waals surface area (Å²) in [6, 6.07) is 7.68. The third-order valence-corrected chi connectivity index (χ3v) is 2.87. The fourth-order valence-electron chi connectivity index (χ4n) is 1.81. The van der Waals surface area contributed by atoms with Crippen molar-refractivity contribution >= 4 is 11.6 Å². The van der Waals surface area contributed by atoms with E-state index in [0.717, 1.165) is 18.7 Å². The van der Waals surface area contributed by atoms with E-state index in [1.807, 2.05) is 31.2 Å². The van der Waals surface area contributed by atoms with Gasteiger partial charge >= 0.3 is 0 Å². The van der Waals surface area contributed by atoms with Crippen LogP contribution in [0.25, 0.3) is 0 Å². The van der Waals surface area contributed by atoms with Gasteiger partial charge < -0.3 is 15.0 Å². The zero-order chi connectivity index (χ0) is 14.1. The van der Waals surface area contributed by atoms with Crippen molar-refractivity contribution in [1.29, 1.82) is 0 Å². The molecule has 0 atom stereocenters. The van der Waals surface area contributed by atoms with Gasteiger partial charge in [-0.2, -0.15) is 0 Å². The number of carbonyl (C=O) groups excluding carboxylic acids is 1. The topological polar surface area (TPSA) is 41.6 Å². The van der Waals surface area contributed by atoms with Crippen molar-refractivity contribution in [3.63, 3.8) is 0 Å². The molecule has 1 rings (SSSR count). The molecule has 1 N–H and O–H groups in total. The minimum absolute atomic E-state index is 0.0515. The Kier molecular flexibility index (Phi) is 6.97. The molecule has 0 saturated heterocycles. The van der Waals surface area contributed by atoms with E-state index in [9.17, 15) is 4.79 Å². The maximum absolute atomic E-state index is 11.8. The van der Waals surface area contributed by atoms with Crippen molar-refractivity contribution in [3.05, 3.63) is 29.8 Å². The lowest BCUT2D eigenvalue weighted by atomic mass is 10.2. The predicted molar refractivity (Wildman–Crippen MR) is 78.8 cm³/mol. The normalized spacial score (nSPS) is 10.3. The Balaban J connectivity index is 2.48. The highest BCUT2D eigenvalue weighted by Gasteiger charge is 2.05. The largest absolute Gasteiger partial charge is 0.380 e. The molecule has 4 nitrogen and oxygen atoms in total. The summed E-state index contributed by atoms with van der Waals surface area (Å²) in [5.74, 6) is -0.0515. The molecule has 0 radical (unpaired) electrons. The second-order valence-corrected chi connectivity index (χ2v) is 4.42. The lowest BCUT2D eigenvalue weighted by Gasteiger charge is -2.18. The van der Waals surface area contributed by atoms with Crippen LogP contribution in [0.1, 0.15) is 30.6 Å². The first-order chi connectivity index (χ1) is 9.19. The number of nitrogens with one attached hydrogen (secondary N) is 1. The third-order valence-electron chi connectivity index (χ3n) is 2.87. The highest BCUT2D eigenvalue weighted by molar-refractivity contribution is 5.94. The van der Waals surface area contributed by atoms with Gasteiger partial charge in [0.15, 0.2) is 0 Å². The Morgan fingerprint density at radius 3 is 2.53 bits per heavy atom. The predicted octanol–water partition coefficient (Wildman–Crippen LogP) is 2.30. The Bertz CT molecular complexity index is 376. The minimum atomic E-state index is -0.0515. The highest BCUT2D eigenvalue weighted by Crippen LogP contribution is 2.13. The van der Waals surface area contributed by atoms with Crippen LogP contribution in [-0.2, 0) is 4.74 Å². The van der Waals surface area contributed by atoms with Gasteiger partial charge in [0.1, 0.15) is 0 Å². The number of rotatable bonds is 8. The van der Waals surface area contributed by atoms with Crippen molar-refractivity contribution in [2.75, 3.05) is 38.3 Å². The van der Waals surface area contributed by atoms with E-state index in [0.29, 0.717) is 25.3 Å². The van der Waals surface area contributed by atoms with Gasteiger partial charge in [0.25, 0.3) is 5.91 Å². The molecule has 19 heavy (non-hydrogen) atoms. The molecule has 0 saturated carbocycles. The van der Waals surface area contributed by atoms with Crippen LogP contribution < -0.4 is 10.2 Å². The van der Waals surface area contributed by atoms with Gasteiger partial charge in [-0.3, -0.25) is 4.79 Å². The van der Waals surface area contributed by atoms with E-state index in [1.165, 1.54) is 0 Å². The molecule has 0 heterocycles. The zero-order valence-corrected chi connectivity index (χ0v) is 12.1. The SMILES string of the molecule is CCCN(C)c1ccc(C(=O)NCCOCC)cc1. The van der Waals surface area contributed by atoms with Crippen LogP contribution in [0.2, 0.25) is 0 Å². The average molecular weight is 264 g/mol. The lowest BCUT2D eigenvalue weighted by Crippen LogP contribution is -2.27. The molecular formula is C15H24N2O2. The Labute approximate surface area is 115 Å². The molecule has 1 amide bonds. The standard InChI is InChI=1S/C15H24N2O2/c1-4-11-17(3)14-8-6-13(7-9-14)15(18)16-10-12-19-5-2/h6-9H,4-5,10-12H2,1-3H3,(H,16,18). The molecule has 106 valence electrons. The summed E-state index contributed by atoms with van der Waals surface area (Å²) in [4.78, 5) is 14.0. The van der Waals surface area contributed by atoms with Crippen LogP contribution in [0.4, 0.5) is 5.69 Å². The van der Waals surface area contributed by atoms with Crippen LogP contribution in [0.15, 0.2) is 24.3 Å². The molecule has 0 aliphatic rings. The van der Waals surface area contributed by atoms with Gasteiger partial charge in [0.2, 0.25) is 0 Å². The first kappa shape index (κ1) is 15.5. The molecule has 0 aliphatic heterocycles. The third kappa shape index (κ3) is 5.30. The number of hydrogen-bond acceptors (Lipinski definition) is 3. The van der Waals surface area contributed by atoms with Gasteiger partial charge in [-0.15, -0.1) is 0 Å². The van der Waals surface area contributed by atoms with Crippen LogP contribution in [-0.4, -0.2) is 39.3 Å². The van der Waals surface area contributed by atoms with Crippen LogP contribution >= 0.6 is 0 Å². The van der Waals surface area contributed by atoms with Crippen LogP contribution in [0, 0.1) is 0 Å². The van der Waals surface area contributed by atoms with Gasteiger partial charge in [0.05, 0.1) is 6.61 Å². The monoisotopic (exact) mass is 264 g/mol. The summed E-state index contributed by atoms with van der Waals surface area (Å²) < 4.78 is 5.18. The molecule has 1 aromatic rings. The lowest BCUT2D eigenvalue weighted by molar-refractivity contribution is 0.0922. The molecule has 0 fully saturated rings. The van der Waals surface area contributed by atoms with Gasteiger partial charge in [-0.05, 0) is 37.6 Å². The second-order valence-electron chi connectivity index (χ2n) is 4.42. The number of nitrogens with zero attached hydrogens (tertiary/aromatic N) is 1. The van der Waals surface area contributed by atoms with E-state index in [-0.39, 0.29) is 5.91 Å². The molecule has 4 heteroatoms. The molecular weight excluding hydrogens is 240 g/mol. The molecule has 0 bridgehead atoms. The van der Waals surface area contributed by atoms with Gasteiger partial charge in [0, 0.05) is 38.0 Å². The van der Waals surface area contributed by atoms with Gasteiger partial charge in [-0.25, -0.2) is 0 Å². The highest BCUT2D eigenvalue weighted by atomic mass is 16.5. The summed E-state index contributed by atoms with van der Waals surface area (Å²) in [6.45, 7) is 6.88. The molecule has 0 unspecified atom stereocenters. The first-order valence-electron chi connectivity index (χ1n) is 6.86. The molecule has 0 spiro atoms. The Morgan fingerprint density at radius 2 is 1.95 bits per heavy atom. The van der Waals surface area contributed by atoms with Crippen LogP contribution in [0.5, 0.6) is 0 Å². The number of anilines is 1. The number of hydrogen-bond donors (Lipinski definition) is 1. The van der Waals surface area contributed by atoms with Crippen molar-refractivity contribution in [1.82, 2.24) is 5.32 Å². The zero-order valence-electron chi connectivity index (χ0n) is 12.1. The Morgan fingerprint density at radius 1 is 1.26 bits per heavy atom. The maximum atomic E-state index is 11.8. The first-order valence-corrected chi connectivity index (χ1v) is 6.86. The molecule has 0 aromatic heterocycles. The fourth-order valence-corrected chi connectivity index (χ4v) is 1.81. The van der Waals surface area contributed by atoms with Crippen molar-refractivity contribution in [3.8, 4) is 0 Å². The van der Waals surface area contributed by atoms with E-state index in [1.54, 1.807) is 0 Å². The van der Waals surface area contributed by atoms with Crippen molar-refractivity contribution < 1.29 is 9.53 Å². The molecule has 1 aromatic carbocycles.